The minimum absolute atomic E-state index is 0.0672. The highest BCUT2D eigenvalue weighted by molar-refractivity contribution is 8.26. The van der Waals surface area contributed by atoms with Crippen molar-refractivity contribution in [3.05, 3.63) is 63.3 Å². The number of benzene rings is 1. The lowest BCUT2D eigenvalue weighted by molar-refractivity contribution is 0.0413. The quantitative estimate of drug-likeness (QED) is 0.253. The van der Waals surface area contributed by atoms with E-state index < -0.39 is 22.7 Å². The van der Waals surface area contributed by atoms with Gasteiger partial charge in [0, 0.05) is 26.1 Å². The van der Waals surface area contributed by atoms with E-state index in [4.69, 9.17) is 15.6 Å². The van der Waals surface area contributed by atoms with Gasteiger partial charge in [-0.2, -0.15) is 0 Å². The van der Waals surface area contributed by atoms with Gasteiger partial charge >= 0.3 is 0 Å². The Hall–Kier alpha value is -3.02. The van der Waals surface area contributed by atoms with E-state index in [2.05, 4.69) is 10.3 Å². The number of thioether (sulfide) groups is 1. The third-order valence-corrected chi connectivity index (χ3v) is 6.25. The highest BCUT2D eigenvalue weighted by Gasteiger charge is 2.41. The van der Waals surface area contributed by atoms with Crippen molar-refractivity contribution in [2.24, 2.45) is 0 Å². The van der Waals surface area contributed by atoms with Crippen LogP contribution in [0.15, 0.2) is 35.3 Å². The van der Waals surface area contributed by atoms with Crippen LogP contribution in [-0.2, 0) is 11.2 Å². The average Bonchev–Trinajstić information content (AvgIpc) is 3.26. The topological polar surface area (TPSA) is 142 Å². The van der Waals surface area contributed by atoms with Crippen LogP contribution in [0.2, 0.25) is 0 Å². The van der Waals surface area contributed by atoms with E-state index in [1.807, 2.05) is 0 Å². The van der Waals surface area contributed by atoms with E-state index in [9.17, 15) is 19.1 Å². The predicted octanol–water partition coefficient (Wildman–Crippen LogP) is 1.91. The molecule has 1 saturated heterocycles. The molecule has 1 atom stereocenters. The fraction of sp³-hybridized carbons (Fsp3) is 0.333. The number of likely N-dealkylation sites (N-methyl/N-ethyl adjacent to an activating group) is 2. The Morgan fingerprint density at radius 1 is 1.38 bits per heavy atom. The lowest BCUT2D eigenvalue weighted by Crippen LogP contribution is -2.59. The third-order valence-electron chi connectivity index (χ3n) is 5.43. The highest BCUT2D eigenvalue weighted by Crippen LogP contribution is 2.25. The van der Waals surface area contributed by atoms with Gasteiger partial charge in [-0.1, -0.05) is 23.9 Å². The maximum Gasteiger partial charge on any atom is 0.275 e. The summed E-state index contributed by atoms with van der Waals surface area (Å²) in [5, 5.41) is 29.5. The summed E-state index contributed by atoms with van der Waals surface area (Å²) >= 11 is 0.738. The molecule has 1 aliphatic heterocycles. The maximum atomic E-state index is 13.0. The first-order valence-electron chi connectivity index (χ1n) is 9.76. The second kappa shape index (κ2) is 9.63. The lowest BCUT2D eigenvalue weighted by atomic mass is 10.1. The van der Waals surface area contributed by atoms with Gasteiger partial charge < -0.3 is 19.7 Å². The molecule has 1 amide bonds. The number of rotatable bonds is 6. The molecule has 2 aromatic rings. The molecule has 1 aromatic carbocycles. The van der Waals surface area contributed by atoms with Crippen LogP contribution in [0.4, 0.5) is 4.39 Å². The van der Waals surface area contributed by atoms with Crippen molar-refractivity contribution < 1.29 is 19.0 Å². The fourth-order valence-corrected chi connectivity index (χ4v) is 4.15. The lowest BCUT2D eigenvalue weighted by Gasteiger charge is -2.37. The number of nitrogens with one attached hydrogen (secondary N) is 4. The first-order chi connectivity index (χ1) is 15.2. The molecule has 1 aromatic heterocycles. The van der Waals surface area contributed by atoms with Crippen LogP contribution < -0.4 is 10.7 Å². The molecule has 9 nitrogen and oxygen atoms in total. The van der Waals surface area contributed by atoms with Crippen molar-refractivity contribution in [2.75, 3.05) is 27.3 Å². The summed E-state index contributed by atoms with van der Waals surface area (Å²) in [7, 11) is 3.25. The van der Waals surface area contributed by atoms with Crippen molar-refractivity contribution in [3.8, 4) is 5.75 Å². The van der Waals surface area contributed by atoms with Crippen molar-refractivity contribution in [2.45, 2.75) is 18.5 Å². The zero-order chi connectivity index (χ0) is 23.5. The normalized spacial score (nSPS) is 17.8. The van der Waals surface area contributed by atoms with Gasteiger partial charge in [0.2, 0.25) is 5.43 Å². The van der Waals surface area contributed by atoms with Crippen LogP contribution in [-0.4, -0.2) is 64.0 Å². The molecule has 1 unspecified atom stereocenters. The summed E-state index contributed by atoms with van der Waals surface area (Å²) in [6.07, 6.45) is 1.89. The summed E-state index contributed by atoms with van der Waals surface area (Å²) in [5.41, 5.74) is -1.40. The number of aromatic amines is 1. The minimum Gasteiger partial charge on any atom is -0.503 e. The Morgan fingerprint density at radius 3 is 2.66 bits per heavy atom. The second-order valence-corrected chi connectivity index (χ2v) is 8.47. The van der Waals surface area contributed by atoms with Gasteiger partial charge in [-0.15, -0.1) is 0 Å². The molecule has 0 spiro atoms. The fourth-order valence-electron chi connectivity index (χ4n) is 3.40. The van der Waals surface area contributed by atoms with E-state index in [0.29, 0.717) is 18.6 Å². The number of aromatic hydroxyl groups is 1. The Morgan fingerprint density at radius 2 is 2.06 bits per heavy atom. The second-order valence-electron chi connectivity index (χ2n) is 7.36. The van der Waals surface area contributed by atoms with E-state index in [1.54, 1.807) is 14.1 Å². The number of hydrogen-bond acceptors (Lipinski definition) is 8. The monoisotopic (exact) mass is 461 g/mol. The Kier molecular flexibility index (Phi) is 7.12. The molecule has 1 fully saturated rings. The van der Waals surface area contributed by atoms with Crippen LogP contribution in [0, 0.1) is 16.6 Å². The Balaban J connectivity index is 1.75. The number of carbonyl (C=O) groups excluding carboxylic acids is 1. The molecule has 0 aliphatic carbocycles. The van der Waals surface area contributed by atoms with E-state index >= 15 is 0 Å². The largest absolute Gasteiger partial charge is 0.503 e. The smallest absolute Gasteiger partial charge is 0.275 e. The molecule has 170 valence electrons. The molecule has 0 radical (unpaired) electrons. The number of amides is 1. The van der Waals surface area contributed by atoms with Gasteiger partial charge in [0.1, 0.15) is 16.5 Å². The van der Waals surface area contributed by atoms with Gasteiger partial charge in [-0.05, 0) is 24.7 Å². The van der Waals surface area contributed by atoms with Gasteiger partial charge in [0.25, 0.3) is 5.91 Å². The number of H-pyrrole nitrogens is 1. The van der Waals surface area contributed by atoms with Crippen molar-refractivity contribution in [1.82, 2.24) is 15.2 Å². The van der Waals surface area contributed by atoms with Crippen LogP contribution >= 0.6 is 11.8 Å². The summed E-state index contributed by atoms with van der Waals surface area (Å²) < 4.78 is 18.4. The Bertz CT molecular complexity index is 1100. The number of pyridine rings is 1. The van der Waals surface area contributed by atoms with Crippen molar-refractivity contribution in [1.29, 1.82) is 10.8 Å². The zero-order valence-corrected chi connectivity index (χ0v) is 18.4. The number of ether oxygens (including phenoxy) is 1. The first-order valence-corrected chi connectivity index (χ1v) is 10.6. The molecule has 0 bridgehead atoms. The first kappa shape index (κ1) is 23.6. The van der Waals surface area contributed by atoms with Crippen LogP contribution in [0.3, 0.4) is 0 Å². The summed E-state index contributed by atoms with van der Waals surface area (Å²) in [6, 6.07) is 5.64. The highest BCUT2D eigenvalue weighted by atomic mass is 32.2. The third kappa shape index (κ3) is 4.74. The predicted molar refractivity (Wildman–Crippen MR) is 120 cm³/mol. The van der Waals surface area contributed by atoms with E-state index in [0.717, 1.165) is 11.8 Å². The zero-order valence-electron chi connectivity index (χ0n) is 17.6. The number of aromatic nitrogens is 1. The molecule has 11 heteroatoms. The van der Waals surface area contributed by atoms with E-state index in [-0.39, 0.29) is 40.2 Å². The molecule has 0 saturated carbocycles. The molecule has 1 aliphatic rings. The molecule has 2 heterocycles. The van der Waals surface area contributed by atoms with Gasteiger partial charge in [0.05, 0.1) is 23.8 Å². The molecule has 32 heavy (non-hydrogen) atoms. The van der Waals surface area contributed by atoms with Gasteiger partial charge in [-0.25, -0.2) is 4.39 Å². The SMILES string of the molecule is CNC1(N(C)C(=O)c2[nH]cc(C(=N)SC(=N)Cc3ccc(F)cc3)c(=O)c2O)CCOC1. The average molecular weight is 462 g/mol. The Labute approximate surface area is 188 Å². The van der Waals surface area contributed by atoms with Crippen molar-refractivity contribution >= 4 is 27.8 Å². The van der Waals surface area contributed by atoms with Gasteiger partial charge in [-0.3, -0.25) is 25.7 Å². The number of hydrogen-bond donors (Lipinski definition) is 5. The molecule has 3 rings (SSSR count). The van der Waals surface area contributed by atoms with E-state index in [1.165, 1.54) is 35.4 Å². The number of carbonyl (C=O) groups is 1. The number of halogens is 1. The van der Waals surface area contributed by atoms with Crippen LogP contribution in [0.25, 0.3) is 0 Å². The molecular weight excluding hydrogens is 437 g/mol. The van der Waals surface area contributed by atoms with Crippen molar-refractivity contribution in [3.63, 3.8) is 0 Å². The number of nitrogens with zero attached hydrogens (tertiary/aromatic N) is 1. The maximum absolute atomic E-state index is 13.0. The van der Waals surface area contributed by atoms with Gasteiger partial charge in [0.15, 0.2) is 11.4 Å². The minimum atomic E-state index is -0.881. The van der Waals surface area contributed by atoms with Crippen LogP contribution in [0.1, 0.15) is 28.0 Å². The van der Waals surface area contributed by atoms with Crippen LogP contribution in [0.5, 0.6) is 5.75 Å². The molecular formula is C21H24FN5O4S. The standard InChI is InChI=1S/C21H24FN5O4S/c1-25-21(7-8-31-11-21)27(2)20(30)16-18(29)17(28)14(10-26-16)19(24)32-15(23)9-12-3-5-13(22)6-4-12/h3-6,10,23-25,29H,7-9,11H2,1-2H3,(H,26,28). The molecule has 5 N–H and O–H groups in total. The summed E-state index contributed by atoms with van der Waals surface area (Å²) in [5.74, 6) is -1.78. The summed E-state index contributed by atoms with van der Waals surface area (Å²) in [6.45, 7) is 0.741. The summed E-state index contributed by atoms with van der Waals surface area (Å²) in [4.78, 5) is 29.6.